The van der Waals surface area contributed by atoms with Gasteiger partial charge in [0.15, 0.2) is 0 Å². The van der Waals surface area contributed by atoms with E-state index in [0.717, 1.165) is 15.8 Å². The maximum absolute atomic E-state index is 12.4. The molecule has 0 fully saturated rings. The van der Waals surface area contributed by atoms with Crippen molar-refractivity contribution in [1.29, 1.82) is 0 Å². The predicted molar refractivity (Wildman–Crippen MR) is 87.3 cm³/mol. The van der Waals surface area contributed by atoms with Crippen molar-refractivity contribution in [2.75, 3.05) is 19.9 Å². The van der Waals surface area contributed by atoms with Crippen molar-refractivity contribution in [2.24, 2.45) is 0 Å². The van der Waals surface area contributed by atoms with Crippen LogP contribution in [0.15, 0.2) is 46.9 Å². The number of methoxy groups -OCH3 is 1. The van der Waals surface area contributed by atoms with Crippen molar-refractivity contribution < 1.29 is 9.53 Å². The zero-order valence-electron chi connectivity index (χ0n) is 12.0. The minimum atomic E-state index is -0.0569. The molecule has 2 aromatic carbocycles. The fraction of sp³-hybridized carbons (Fsp3) is 0.188. The maximum Gasteiger partial charge on any atom is 0.253 e. The van der Waals surface area contributed by atoms with Crippen LogP contribution in [0.4, 0.5) is 5.69 Å². The molecule has 0 aliphatic carbocycles. The highest BCUT2D eigenvalue weighted by Crippen LogP contribution is 2.21. The van der Waals surface area contributed by atoms with Gasteiger partial charge < -0.3 is 15.4 Å². The smallest absolute Gasteiger partial charge is 0.253 e. The monoisotopic (exact) mass is 348 g/mol. The molecule has 110 valence electrons. The number of ether oxygens (including phenoxy) is 1. The van der Waals surface area contributed by atoms with Crippen molar-refractivity contribution in [1.82, 2.24) is 4.90 Å². The molecule has 0 aliphatic rings. The van der Waals surface area contributed by atoms with Crippen molar-refractivity contribution in [3.63, 3.8) is 0 Å². The number of nitrogens with zero attached hydrogens (tertiary/aromatic N) is 1. The largest absolute Gasteiger partial charge is 0.497 e. The molecule has 0 saturated carbocycles. The molecule has 0 radical (unpaired) electrons. The summed E-state index contributed by atoms with van der Waals surface area (Å²) < 4.78 is 5.91. The number of halogens is 1. The highest BCUT2D eigenvalue weighted by molar-refractivity contribution is 9.10. The van der Waals surface area contributed by atoms with E-state index in [1.54, 1.807) is 37.3 Å². The third-order valence-corrected chi connectivity index (χ3v) is 3.83. The first-order valence-electron chi connectivity index (χ1n) is 6.44. The van der Waals surface area contributed by atoms with E-state index in [9.17, 15) is 4.79 Å². The number of carbonyl (C=O) groups excluding carboxylic acids is 1. The van der Waals surface area contributed by atoms with Crippen LogP contribution in [0.25, 0.3) is 0 Å². The summed E-state index contributed by atoms with van der Waals surface area (Å²) >= 11 is 3.34. The summed E-state index contributed by atoms with van der Waals surface area (Å²) in [5.41, 5.74) is 7.96. The molecule has 1 amide bonds. The second kappa shape index (κ2) is 6.63. The third kappa shape index (κ3) is 3.76. The Morgan fingerprint density at radius 2 is 2.05 bits per heavy atom. The predicted octanol–water partition coefficient (Wildman–Crippen LogP) is 3.31. The van der Waals surface area contributed by atoms with Gasteiger partial charge in [0.1, 0.15) is 5.75 Å². The Morgan fingerprint density at radius 1 is 1.29 bits per heavy atom. The Hall–Kier alpha value is -2.01. The Balaban J connectivity index is 2.13. The molecule has 0 atom stereocenters. The van der Waals surface area contributed by atoms with Gasteiger partial charge in [-0.3, -0.25) is 4.79 Å². The molecule has 2 N–H and O–H groups in total. The van der Waals surface area contributed by atoms with Crippen LogP contribution >= 0.6 is 15.9 Å². The summed E-state index contributed by atoms with van der Waals surface area (Å²) in [5, 5.41) is 0. The number of benzene rings is 2. The Labute approximate surface area is 132 Å². The molecule has 4 nitrogen and oxygen atoms in total. The number of anilines is 1. The van der Waals surface area contributed by atoms with Crippen LogP contribution in [0, 0.1) is 0 Å². The number of nitrogen functional groups attached to an aromatic ring is 1. The van der Waals surface area contributed by atoms with E-state index in [4.69, 9.17) is 10.5 Å². The average Bonchev–Trinajstić information content (AvgIpc) is 2.49. The summed E-state index contributed by atoms with van der Waals surface area (Å²) in [7, 11) is 3.39. The topological polar surface area (TPSA) is 55.6 Å². The molecular formula is C16H17BrN2O2. The second-order valence-electron chi connectivity index (χ2n) is 4.75. The first-order chi connectivity index (χ1) is 10.0. The summed E-state index contributed by atoms with van der Waals surface area (Å²) in [4.78, 5) is 14.1. The lowest BCUT2D eigenvalue weighted by Gasteiger charge is -2.18. The molecule has 0 unspecified atom stereocenters. The summed E-state index contributed by atoms with van der Waals surface area (Å²) in [6.07, 6.45) is 0. The van der Waals surface area contributed by atoms with Crippen molar-refractivity contribution in [2.45, 2.75) is 6.54 Å². The minimum Gasteiger partial charge on any atom is -0.497 e. The van der Waals surface area contributed by atoms with Crippen LogP contribution in [0.3, 0.4) is 0 Å². The number of hydrogen-bond acceptors (Lipinski definition) is 3. The normalized spacial score (nSPS) is 10.2. The molecule has 21 heavy (non-hydrogen) atoms. The molecular weight excluding hydrogens is 332 g/mol. The van der Waals surface area contributed by atoms with E-state index < -0.39 is 0 Å². The van der Waals surface area contributed by atoms with E-state index >= 15 is 0 Å². The molecule has 0 bridgehead atoms. The van der Waals surface area contributed by atoms with Gasteiger partial charge in [-0.25, -0.2) is 0 Å². The molecule has 5 heteroatoms. The highest BCUT2D eigenvalue weighted by atomic mass is 79.9. The zero-order chi connectivity index (χ0) is 15.4. The lowest BCUT2D eigenvalue weighted by Crippen LogP contribution is -2.26. The summed E-state index contributed by atoms with van der Waals surface area (Å²) in [5.74, 6) is 0.724. The van der Waals surface area contributed by atoms with Gasteiger partial charge in [0, 0.05) is 29.3 Å². The maximum atomic E-state index is 12.4. The number of rotatable bonds is 4. The van der Waals surface area contributed by atoms with Crippen LogP contribution < -0.4 is 10.5 Å². The van der Waals surface area contributed by atoms with Crippen LogP contribution in [0.5, 0.6) is 5.75 Å². The van der Waals surface area contributed by atoms with E-state index in [-0.39, 0.29) is 5.91 Å². The zero-order valence-corrected chi connectivity index (χ0v) is 13.6. The van der Waals surface area contributed by atoms with Gasteiger partial charge >= 0.3 is 0 Å². The van der Waals surface area contributed by atoms with Gasteiger partial charge in [0.25, 0.3) is 5.91 Å². The quantitative estimate of drug-likeness (QED) is 0.862. The molecule has 0 aliphatic heterocycles. The molecule has 0 spiro atoms. The lowest BCUT2D eigenvalue weighted by molar-refractivity contribution is 0.0785. The van der Waals surface area contributed by atoms with Gasteiger partial charge in [-0.2, -0.15) is 0 Å². The van der Waals surface area contributed by atoms with Crippen molar-refractivity contribution in [3.8, 4) is 5.75 Å². The Kier molecular flexibility index (Phi) is 4.85. The molecule has 0 aromatic heterocycles. The first-order valence-corrected chi connectivity index (χ1v) is 7.24. The van der Waals surface area contributed by atoms with Crippen molar-refractivity contribution >= 4 is 27.5 Å². The van der Waals surface area contributed by atoms with Gasteiger partial charge in [-0.15, -0.1) is 0 Å². The average molecular weight is 349 g/mol. The van der Waals surface area contributed by atoms with E-state index in [1.807, 2.05) is 24.3 Å². The number of amides is 1. The van der Waals surface area contributed by atoms with Gasteiger partial charge in [-0.05, 0) is 51.8 Å². The Morgan fingerprint density at radius 3 is 2.71 bits per heavy atom. The highest BCUT2D eigenvalue weighted by Gasteiger charge is 2.13. The summed E-state index contributed by atoms with van der Waals surface area (Å²) in [6.45, 7) is 0.512. The summed E-state index contributed by atoms with van der Waals surface area (Å²) in [6, 6.07) is 12.9. The van der Waals surface area contributed by atoms with Crippen LogP contribution in [0.1, 0.15) is 15.9 Å². The van der Waals surface area contributed by atoms with Crippen LogP contribution in [-0.4, -0.2) is 25.0 Å². The fourth-order valence-electron chi connectivity index (χ4n) is 2.00. The number of hydrogen-bond donors (Lipinski definition) is 1. The third-order valence-electron chi connectivity index (χ3n) is 3.15. The molecule has 0 saturated heterocycles. The lowest BCUT2D eigenvalue weighted by atomic mass is 10.1. The van der Waals surface area contributed by atoms with Crippen LogP contribution in [-0.2, 0) is 6.54 Å². The van der Waals surface area contributed by atoms with Crippen molar-refractivity contribution in [3.05, 3.63) is 58.1 Å². The van der Waals surface area contributed by atoms with E-state index in [2.05, 4.69) is 15.9 Å². The first kappa shape index (κ1) is 15.4. The van der Waals surface area contributed by atoms with Gasteiger partial charge in [0.05, 0.1) is 7.11 Å². The molecule has 0 heterocycles. The van der Waals surface area contributed by atoms with E-state index in [1.165, 1.54) is 0 Å². The number of nitrogens with two attached hydrogens (primary N) is 1. The number of carbonyl (C=O) groups is 1. The van der Waals surface area contributed by atoms with Gasteiger partial charge in [-0.1, -0.05) is 12.1 Å². The second-order valence-corrected chi connectivity index (χ2v) is 5.60. The standard InChI is InChI=1S/C16H17BrN2O2/c1-19(10-11-4-3-5-13(8-11)21-2)16(20)12-6-7-15(18)14(17)9-12/h3-9H,10,18H2,1-2H3. The van der Waals surface area contributed by atoms with E-state index in [0.29, 0.717) is 17.8 Å². The SMILES string of the molecule is COc1cccc(CN(C)C(=O)c2ccc(N)c(Br)c2)c1. The van der Waals surface area contributed by atoms with Gasteiger partial charge in [0.2, 0.25) is 0 Å². The molecule has 2 rings (SSSR count). The molecule has 2 aromatic rings. The minimum absolute atomic E-state index is 0.0569. The fourth-order valence-corrected chi connectivity index (χ4v) is 2.38. The van der Waals surface area contributed by atoms with Crippen LogP contribution in [0.2, 0.25) is 0 Å². The Bertz CT molecular complexity index is 658.